The van der Waals surface area contributed by atoms with E-state index >= 15 is 0 Å². The number of rotatable bonds is 4. The van der Waals surface area contributed by atoms with Crippen LogP contribution >= 0.6 is 0 Å². The molecule has 2 nitrogen and oxygen atoms in total. The maximum absolute atomic E-state index is 10.7. The van der Waals surface area contributed by atoms with Crippen molar-refractivity contribution in [3.05, 3.63) is 35.9 Å². The van der Waals surface area contributed by atoms with Crippen molar-refractivity contribution in [3.8, 4) is 0 Å². The van der Waals surface area contributed by atoms with Crippen LogP contribution in [0.3, 0.4) is 0 Å². The van der Waals surface area contributed by atoms with Gasteiger partial charge in [0, 0.05) is 6.04 Å². The Bertz CT molecular complexity index is 343. The second-order valence-corrected chi connectivity index (χ2v) is 5.69. The molecule has 1 N–H and O–H groups in total. The maximum atomic E-state index is 10.7. The monoisotopic (exact) mass is 247 g/mol. The molecule has 1 aliphatic heterocycles. The molecule has 0 amide bonds. The Morgan fingerprint density at radius 2 is 1.61 bits per heavy atom. The number of nitrogens with zero attached hydrogens (tertiary/aromatic N) is 1. The van der Waals surface area contributed by atoms with E-state index in [1.54, 1.807) is 0 Å². The van der Waals surface area contributed by atoms with Gasteiger partial charge in [0.25, 0.3) is 0 Å². The summed E-state index contributed by atoms with van der Waals surface area (Å²) < 4.78 is 0. The first-order valence-electron chi connectivity index (χ1n) is 7.17. The van der Waals surface area contributed by atoms with Crippen LogP contribution in [-0.4, -0.2) is 29.1 Å². The molecule has 1 fully saturated rings. The summed E-state index contributed by atoms with van der Waals surface area (Å²) in [6, 6.07) is 10.3. The standard InChI is InChI=1S/C16H25NO/c1-13(2)15(17-11-7-4-8-12-17)16(18)14-9-5-3-6-10-14/h3,5-6,9-10,13,15-16,18H,4,7-8,11-12H2,1-2H3. The molecule has 0 spiro atoms. The van der Waals surface area contributed by atoms with Crippen LogP contribution in [0, 0.1) is 5.92 Å². The third-order valence-electron chi connectivity index (χ3n) is 3.96. The first-order chi connectivity index (χ1) is 8.70. The summed E-state index contributed by atoms with van der Waals surface area (Å²) in [6.07, 6.45) is 3.50. The van der Waals surface area contributed by atoms with Gasteiger partial charge in [-0.1, -0.05) is 50.6 Å². The van der Waals surface area contributed by atoms with Crippen LogP contribution in [0.15, 0.2) is 30.3 Å². The molecule has 100 valence electrons. The Kier molecular flexibility index (Phi) is 4.79. The molecule has 0 bridgehead atoms. The predicted octanol–water partition coefficient (Wildman–Crippen LogP) is 3.23. The largest absolute Gasteiger partial charge is 0.387 e. The van der Waals surface area contributed by atoms with E-state index in [4.69, 9.17) is 0 Å². The summed E-state index contributed by atoms with van der Waals surface area (Å²) in [4.78, 5) is 2.48. The summed E-state index contributed by atoms with van der Waals surface area (Å²) in [5.74, 6) is 0.471. The lowest BCUT2D eigenvalue weighted by atomic mass is 9.90. The van der Waals surface area contributed by atoms with Crippen molar-refractivity contribution >= 4 is 0 Å². The highest BCUT2D eigenvalue weighted by Gasteiger charge is 2.30. The molecule has 1 heterocycles. The summed E-state index contributed by atoms with van der Waals surface area (Å²) >= 11 is 0. The summed E-state index contributed by atoms with van der Waals surface area (Å²) in [7, 11) is 0. The molecule has 18 heavy (non-hydrogen) atoms. The van der Waals surface area contributed by atoms with Crippen molar-refractivity contribution in [2.45, 2.75) is 45.3 Å². The van der Waals surface area contributed by atoms with E-state index in [0.29, 0.717) is 5.92 Å². The Hall–Kier alpha value is -0.860. The van der Waals surface area contributed by atoms with Crippen LogP contribution < -0.4 is 0 Å². The summed E-state index contributed by atoms with van der Waals surface area (Å²) in [6.45, 7) is 6.69. The fourth-order valence-electron chi connectivity index (χ4n) is 3.05. The first kappa shape index (κ1) is 13.6. The van der Waals surface area contributed by atoms with Gasteiger partial charge in [-0.2, -0.15) is 0 Å². The van der Waals surface area contributed by atoms with E-state index in [2.05, 4.69) is 18.7 Å². The molecule has 2 unspecified atom stereocenters. The minimum atomic E-state index is -0.371. The number of aliphatic hydroxyl groups excluding tert-OH is 1. The molecule has 1 saturated heterocycles. The SMILES string of the molecule is CC(C)C(C(O)c1ccccc1)N1CCCCC1. The van der Waals surface area contributed by atoms with Crippen LogP contribution in [0.5, 0.6) is 0 Å². The van der Waals surface area contributed by atoms with Gasteiger partial charge in [0.05, 0.1) is 6.10 Å². The van der Waals surface area contributed by atoms with Crippen LogP contribution in [0.4, 0.5) is 0 Å². The van der Waals surface area contributed by atoms with E-state index < -0.39 is 0 Å². The lowest BCUT2D eigenvalue weighted by Gasteiger charge is -2.39. The number of hydrogen-bond acceptors (Lipinski definition) is 2. The van der Waals surface area contributed by atoms with Crippen molar-refractivity contribution < 1.29 is 5.11 Å². The number of piperidine rings is 1. The molecule has 0 aliphatic carbocycles. The molecule has 1 aromatic rings. The average molecular weight is 247 g/mol. The zero-order valence-corrected chi connectivity index (χ0v) is 11.5. The number of likely N-dealkylation sites (tertiary alicyclic amines) is 1. The third-order valence-corrected chi connectivity index (χ3v) is 3.96. The molecule has 2 rings (SSSR count). The summed E-state index contributed by atoms with van der Waals surface area (Å²) in [5, 5.41) is 10.7. The summed E-state index contributed by atoms with van der Waals surface area (Å²) in [5.41, 5.74) is 1.04. The van der Waals surface area contributed by atoms with Crippen molar-refractivity contribution in [1.29, 1.82) is 0 Å². The zero-order chi connectivity index (χ0) is 13.0. The number of benzene rings is 1. The van der Waals surface area contributed by atoms with Gasteiger partial charge in [-0.15, -0.1) is 0 Å². The van der Waals surface area contributed by atoms with E-state index in [0.717, 1.165) is 18.7 Å². The third kappa shape index (κ3) is 3.12. The van der Waals surface area contributed by atoms with Gasteiger partial charge in [-0.3, -0.25) is 4.90 Å². The lowest BCUT2D eigenvalue weighted by molar-refractivity contribution is 0.0127. The fraction of sp³-hybridized carbons (Fsp3) is 0.625. The van der Waals surface area contributed by atoms with E-state index in [1.807, 2.05) is 30.3 Å². The minimum Gasteiger partial charge on any atom is -0.387 e. The van der Waals surface area contributed by atoms with Crippen molar-refractivity contribution in [3.63, 3.8) is 0 Å². The zero-order valence-electron chi connectivity index (χ0n) is 11.5. The topological polar surface area (TPSA) is 23.5 Å². The van der Waals surface area contributed by atoms with Gasteiger partial charge in [0.15, 0.2) is 0 Å². The van der Waals surface area contributed by atoms with Crippen molar-refractivity contribution in [2.75, 3.05) is 13.1 Å². The van der Waals surface area contributed by atoms with Gasteiger partial charge in [-0.25, -0.2) is 0 Å². The molecule has 0 radical (unpaired) electrons. The molecule has 1 aliphatic rings. The van der Waals surface area contributed by atoms with Gasteiger partial charge in [0.1, 0.15) is 0 Å². The van der Waals surface area contributed by atoms with Crippen molar-refractivity contribution in [1.82, 2.24) is 4.90 Å². The van der Waals surface area contributed by atoms with Gasteiger partial charge in [-0.05, 0) is 37.4 Å². The minimum absolute atomic E-state index is 0.243. The predicted molar refractivity (Wildman–Crippen MR) is 75.5 cm³/mol. The van der Waals surface area contributed by atoms with E-state index in [9.17, 15) is 5.11 Å². The lowest BCUT2D eigenvalue weighted by Crippen LogP contribution is -2.45. The second-order valence-electron chi connectivity index (χ2n) is 5.69. The molecule has 0 saturated carbocycles. The Morgan fingerprint density at radius 3 is 2.17 bits per heavy atom. The van der Waals surface area contributed by atoms with Crippen LogP contribution in [0.25, 0.3) is 0 Å². The molecule has 1 aromatic carbocycles. The highest BCUT2D eigenvalue weighted by atomic mass is 16.3. The van der Waals surface area contributed by atoms with Crippen LogP contribution in [-0.2, 0) is 0 Å². The van der Waals surface area contributed by atoms with Crippen molar-refractivity contribution in [2.24, 2.45) is 5.92 Å². The molecular weight excluding hydrogens is 222 g/mol. The molecule has 0 aromatic heterocycles. The Morgan fingerprint density at radius 1 is 1.00 bits per heavy atom. The van der Waals surface area contributed by atoms with Gasteiger partial charge < -0.3 is 5.11 Å². The Labute approximate surface area is 111 Å². The highest BCUT2D eigenvalue weighted by Crippen LogP contribution is 2.28. The van der Waals surface area contributed by atoms with Crippen LogP contribution in [0.2, 0.25) is 0 Å². The van der Waals surface area contributed by atoms with Gasteiger partial charge in [0.2, 0.25) is 0 Å². The van der Waals surface area contributed by atoms with E-state index in [1.165, 1.54) is 19.3 Å². The molecule has 2 heteroatoms. The normalized spacial score (nSPS) is 20.9. The average Bonchev–Trinajstić information content (AvgIpc) is 2.40. The van der Waals surface area contributed by atoms with Crippen LogP contribution in [0.1, 0.15) is 44.8 Å². The van der Waals surface area contributed by atoms with E-state index in [-0.39, 0.29) is 12.1 Å². The molecular formula is C16H25NO. The second kappa shape index (κ2) is 6.35. The highest BCUT2D eigenvalue weighted by molar-refractivity contribution is 5.19. The number of aliphatic hydroxyl groups is 1. The number of hydrogen-bond donors (Lipinski definition) is 1. The first-order valence-corrected chi connectivity index (χ1v) is 7.17. The fourth-order valence-corrected chi connectivity index (χ4v) is 3.05. The smallest absolute Gasteiger partial charge is 0.0947 e. The quantitative estimate of drug-likeness (QED) is 0.883. The van der Waals surface area contributed by atoms with Gasteiger partial charge >= 0.3 is 0 Å². The molecule has 2 atom stereocenters. The Balaban J connectivity index is 2.14. The maximum Gasteiger partial charge on any atom is 0.0947 e.